The molecule has 1 saturated carbocycles. The minimum Gasteiger partial charge on any atom is -0.356 e. The topological polar surface area (TPSA) is 39.7 Å². The van der Waals surface area contributed by atoms with Gasteiger partial charge < -0.3 is 15.5 Å². The number of nitrogens with one attached hydrogen (secondary N) is 2. The molecule has 0 aromatic carbocycles. The third-order valence-corrected chi connectivity index (χ3v) is 4.08. The van der Waals surface area contributed by atoms with Gasteiger partial charge in [-0.05, 0) is 38.8 Å². The average Bonchev–Trinajstić information content (AvgIpc) is 2.47. The summed E-state index contributed by atoms with van der Waals surface area (Å²) in [6.07, 6.45) is 8.22. The fraction of sp³-hybridized carbons (Fsp3) is 0.938. The lowest BCUT2D eigenvalue weighted by Crippen LogP contribution is -2.41. The van der Waals surface area contributed by atoms with Gasteiger partial charge in [0.05, 0.1) is 0 Å². The molecule has 4 nitrogen and oxygen atoms in total. The number of nitrogens with zero attached hydrogens (tertiary/aromatic N) is 2. The molecule has 0 unspecified atom stereocenters. The Kier molecular flexibility index (Phi) is 12.5. The number of guanidine groups is 1. The highest BCUT2D eigenvalue weighted by Crippen LogP contribution is 2.21. The second-order valence-corrected chi connectivity index (χ2v) is 6.40. The number of hydrogen-bond acceptors (Lipinski definition) is 2. The smallest absolute Gasteiger partial charge is 0.190 e. The van der Waals surface area contributed by atoms with E-state index in [0.717, 1.165) is 25.1 Å². The van der Waals surface area contributed by atoms with Gasteiger partial charge in [-0.2, -0.15) is 0 Å². The van der Waals surface area contributed by atoms with Crippen LogP contribution >= 0.6 is 24.0 Å². The lowest BCUT2D eigenvalue weighted by molar-refractivity contribution is 0.190. The summed E-state index contributed by atoms with van der Waals surface area (Å²) in [5.74, 6) is 1.57. The van der Waals surface area contributed by atoms with E-state index in [1.165, 1.54) is 45.1 Å². The molecule has 0 heterocycles. The summed E-state index contributed by atoms with van der Waals surface area (Å²) in [6, 6.07) is 0.821. The van der Waals surface area contributed by atoms with Crippen LogP contribution in [0.15, 0.2) is 4.99 Å². The SMILES string of the molecule is CN=C(NCCCN(C)C1CCCCC1)NCC(C)C.I. The van der Waals surface area contributed by atoms with E-state index in [1.807, 2.05) is 7.05 Å². The molecule has 0 aromatic heterocycles. The lowest BCUT2D eigenvalue weighted by atomic mass is 9.94. The van der Waals surface area contributed by atoms with Gasteiger partial charge in [0, 0.05) is 26.2 Å². The molecule has 0 aliphatic heterocycles. The maximum Gasteiger partial charge on any atom is 0.190 e. The summed E-state index contributed by atoms with van der Waals surface area (Å²) in [7, 11) is 4.12. The Balaban J connectivity index is 0.00000400. The maximum absolute atomic E-state index is 4.25. The van der Waals surface area contributed by atoms with Crippen molar-refractivity contribution in [3.63, 3.8) is 0 Å². The van der Waals surface area contributed by atoms with Crippen molar-refractivity contribution < 1.29 is 0 Å². The van der Waals surface area contributed by atoms with Crippen molar-refractivity contribution in [1.29, 1.82) is 0 Å². The van der Waals surface area contributed by atoms with Crippen molar-refractivity contribution in [3.05, 3.63) is 0 Å². The van der Waals surface area contributed by atoms with Crippen LogP contribution < -0.4 is 10.6 Å². The molecule has 0 bridgehead atoms. The molecule has 1 fully saturated rings. The molecular formula is C16H35IN4. The second-order valence-electron chi connectivity index (χ2n) is 6.40. The van der Waals surface area contributed by atoms with Crippen molar-refractivity contribution in [3.8, 4) is 0 Å². The van der Waals surface area contributed by atoms with E-state index in [2.05, 4.69) is 41.4 Å². The van der Waals surface area contributed by atoms with Crippen LogP contribution in [0.2, 0.25) is 0 Å². The summed E-state index contributed by atoms with van der Waals surface area (Å²) in [5.41, 5.74) is 0. The Morgan fingerprint density at radius 3 is 2.43 bits per heavy atom. The molecule has 0 saturated heterocycles. The highest BCUT2D eigenvalue weighted by atomic mass is 127. The monoisotopic (exact) mass is 410 g/mol. The van der Waals surface area contributed by atoms with Gasteiger partial charge >= 0.3 is 0 Å². The van der Waals surface area contributed by atoms with Crippen LogP contribution in [0.1, 0.15) is 52.4 Å². The van der Waals surface area contributed by atoms with E-state index in [0.29, 0.717) is 5.92 Å². The Morgan fingerprint density at radius 2 is 1.86 bits per heavy atom. The normalized spacial score (nSPS) is 17.0. The zero-order valence-corrected chi connectivity index (χ0v) is 16.7. The molecule has 21 heavy (non-hydrogen) atoms. The van der Waals surface area contributed by atoms with Crippen LogP contribution in [0.4, 0.5) is 0 Å². The maximum atomic E-state index is 4.25. The molecule has 1 rings (SSSR count). The standard InChI is InChI=1S/C16H34N4.HI/c1-14(2)13-19-16(17-3)18-11-8-12-20(4)15-9-6-5-7-10-15;/h14-15H,5-13H2,1-4H3,(H2,17,18,19);1H. The van der Waals surface area contributed by atoms with E-state index in [1.54, 1.807) is 0 Å². The second kappa shape index (κ2) is 12.5. The summed E-state index contributed by atoms with van der Waals surface area (Å²) in [6.45, 7) is 7.56. The molecule has 0 atom stereocenters. The zero-order valence-electron chi connectivity index (χ0n) is 14.3. The Bertz CT molecular complexity index is 275. The summed E-state index contributed by atoms with van der Waals surface area (Å²) in [5, 5.41) is 6.74. The van der Waals surface area contributed by atoms with E-state index >= 15 is 0 Å². The van der Waals surface area contributed by atoms with Gasteiger partial charge in [0.2, 0.25) is 0 Å². The Morgan fingerprint density at radius 1 is 1.19 bits per heavy atom. The van der Waals surface area contributed by atoms with Gasteiger partial charge in [0.1, 0.15) is 0 Å². The van der Waals surface area contributed by atoms with Gasteiger partial charge in [-0.15, -0.1) is 24.0 Å². The molecule has 0 aromatic rings. The van der Waals surface area contributed by atoms with Crippen LogP contribution in [0.5, 0.6) is 0 Å². The number of aliphatic imine (C=N–C) groups is 1. The quantitative estimate of drug-likeness (QED) is 0.293. The molecule has 0 spiro atoms. The predicted octanol–water partition coefficient (Wildman–Crippen LogP) is 3.08. The molecule has 126 valence electrons. The van der Waals surface area contributed by atoms with Crippen LogP contribution in [0, 0.1) is 5.92 Å². The first-order chi connectivity index (χ1) is 9.63. The third-order valence-electron chi connectivity index (χ3n) is 4.08. The molecule has 1 aliphatic carbocycles. The fourth-order valence-corrected chi connectivity index (χ4v) is 2.76. The van der Waals surface area contributed by atoms with E-state index in [4.69, 9.17) is 0 Å². The highest BCUT2D eigenvalue weighted by molar-refractivity contribution is 14.0. The highest BCUT2D eigenvalue weighted by Gasteiger charge is 2.17. The first-order valence-corrected chi connectivity index (χ1v) is 8.28. The van der Waals surface area contributed by atoms with E-state index in [9.17, 15) is 0 Å². The summed E-state index contributed by atoms with van der Waals surface area (Å²) in [4.78, 5) is 6.79. The van der Waals surface area contributed by atoms with Gasteiger partial charge in [0.25, 0.3) is 0 Å². The molecule has 0 radical (unpaired) electrons. The lowest BCUT2D eigenvalue weighted by Gasteiger charge is -2.31. The first-order valence-electron chi connectivity index (χ1n) is 8.28. The van der Waals surface area contributed by atoms with Gasteiger partial charge in [-0.1, -0.05) is 33.1 Å². The number of hydrogen-bond donors (Lipinski definition) is 2. The van der Waals surface area contributed by atoms with Crippen LogP contribution in [-0.4, -0.2) is 50.6 Å². The molecule has 5 heteroatoms. The van der Waals surface area contributed by atoms with Crippen molar-refractivity contribution in [2.45, 2.75) is 58.4 Å². The number of halogens is 1. The van der Waals surface area contributed by atoms with Gasteiger partial charge in [0.15, 0.2) is 5.96 Å². The van der Waals surface area contributed by atoms with Crippen molar-refractivity contribution in [1.82, 2.24) is 15.5 Å². The third kappa shape index (κ3) is 9.55. The predicted molar refractivity (Wildman–Crippen MR) is 104 cm³/mol. The van der Waals surface area contributed by atoms with E-state index < -0.39 is 0 Å². The van der Waals surface area contributed by atoms with Crippen LogP contribution in [0.25, 0.3) is 0 Å². The van der Waals surface area contributed by atoms with E-state index in [-0.39, 0.29) is 24.0 Å². The molecule has 1 aliphatic rings. The van der Waals surface area contributed by atoms with Crippen LogP contribution in [0.3, 0.4) is 0 Å². The van der Waals surface area contributed by atoms with Crippen molar-refractivity contribution in [2.24, 2.45) is 10.9 Å². The zero-order chi connectivity index (χ0) is 14.8. The van der Waals surface area contributed by atoms with Gasteiger partial charge in [-0.3, -0.25) is 4.99 Å². The fourth-order valence-electron chi connectivity index (χ4n) is 2.76. The minimum absolute atomic E-state index is 0. The molecular weight excluding hydrogens is 375 g/mol. The Labute approximate surface area is 148 Å². The van der Waals surface area contributed by atoms with Crippen LogP contribution in [-0.2, 0) is 0 Å². The molecule has 0 amide bonds. The summed E-state index contributed by atoms with van der Waals surface area (Å²) >= 11 is 0. The Hall–Kier alpha value is -0.0400. The van der Waals surface area contributed by atoms with Crippen molar-refractivity contribution in [2.75, 3.05) is 33.7 Å². The van der Waals surface area contributed by atoms with Crippen molar-refractivity contribution >= 4 is 29.9 Å². The molecule has 2 N–H and O–H groups in total. The minimum atomic E-state index is 0. The summed E-state index contributed by atoms with van der Waals surface area (Å²) < 4.78 is 0. The average molecular weight is 410 g/mol. The number of rotatable bonds is 7. The first kappa shape index (κ1) is 21.0. The largest absolute Gasteiger partial charge is 0.356 e. The van der Waals surface area contributed by atoms with Gasteiger partial charge in [-0.25, -0.2) is 0 Å².